The maximum atomic E-state index is 12.0. The Bertz CT molecular complexity index is 804. The fraction of sp³-hybridized carbons (Fsp3) is 0.118. The zero-order valence-corrected chi connectivity index (χ0v) is 13.4. The van der Waals surface area contributed by atoms with Gasteiger partial charge in [0, 0.05) is 0 Å². The number of amides is 1. The third kappa shape index (κ3) is 3.73. The Labute approximate surface area is 138 Å². The first kappa shape index (κ1) is 15.2. The Morgan fingerprint density at radius 3 is 2.87 bits per heavy atom. The molecule has 1 aromatic carbocycles. The quantitative estimate of drug-likeness (QED) is 0.557. The standard InChI is InChI=1S/C17H16N4OS/c1-2-12-5-7-13(8-6-12)11-18-21-17(22)15-10-14(19-20-15)16-4-3-9-23-16/h3-11H,2H2,1H3,(H,19,20)(H,21,22). The van der Waals surface area contributed by atoms with Crippen LogP contribution in [-0.2, 0) is 6.42 Å². The van der Waals surface area contributed by atoms with E-state index in [9.17, 15) is 4.79 Å². The molecule has 0 aliphatic heterocycles. The van der Waals surface area contributed by atoms with Gasteiger partial charge in [-0.05, 0) is 35.1 Å². The Kier molecular flexibility index (Phi) is 4.63. The van der Waals surface area contributed by atoms with Crippen LogP contribution in [0.3, 0.4) is 0 Å². The van der Waals surface area contributed by atoms with E-state index < -0.39 is 0 Å². The van der Waals surface area contributed by atoms with Gasteiger partial charge < -0.3 is 0 Å². The molecular weight excluding hydrogens is 308 g/mol. The summed E-state index contributed by atoms with van der Waals surface area (Å²) in [4.78, 5) is 13.1. The van der Waals surface area contributed by atoms with Crippen LogP contribution in [0.4, 0.5) is 0 Å². The number of aromatic amines is 1. The van der Waals surface area contributed by atoms with Gasteiger partial charge in [-0.3, -0.25) is 9.89 Å². The average Bonchev–Trinajstić information content (AvgIpc) is 3.26. The first-order chi connectivity index (χ1) is 11.3. The van der Waals surface area contributed by atoms with E-state index in [0.29, 0.717) is 5.69 Å². The summed E-state index contributed by atoms with van der Waals surface area (Å²) in [6.45, 7) is 2.11. The number of rotatable bonds is 5. The molecule has 0 spiro atoms. The number of carbonyl (C=O) groups is 1. The molecule has 0 unspecified atom stereocenters. The number of nitrogens with one attached hydrogen (secondary N) is 2. The lowest BCUT2D eigenvalue weighted by molar-refractivity contribution is 0.0950. The van der Waals surface area contributed by atoms with Crippen molar-refractivity contribution in [3.05, 3.63) is 64.7 Å². The molecule has 5 nitrogen and oxygen atoms in total. The Morgan fingerprint density at radius 1 is 1.35 bits per heavy atom. The van der Waals surface area contributed by atoms with E-state index in [2.05, 4.69) is 27.6 Å². The largest absolute Gasteiger partial charge is 0.291 e. The van der Waals surface area contributed by atoms with Crippen molar-refractivity contribution in [3.8, 4) is 10.6 Å². The molecule has 2 N–H and O–H groups in total. The van der Waals surface area contributed by atoms with Crippen LogP contribution >= 0.6 is 11.3 Å². The predicted octanol–water partition coefficient (Wildman–Crippen LogP) is 3.46. The minimum Gasteiger partial charge on any atom is -0.276 e. The third-order valence-electron chi connectivity index (χ3n) is 3.36. The van der Waals surface area contributed by atoms with Gasteiger partial charge in [-0.1, -0.05) is 37.3 Å². The van der Waals surface area contributed by atoms with Gasteiger partial charge in [0.15, 0.2) is 5.69 Å². The number of nitrogens with zero attached hydrogens (tertiary/aromatic N) is 2. The van der Waals surface area contributed by atoms with E-state index in [1.54, 1.807) is 23.6 Å². The molecule has 2 heterocycles. The van der Waals surface area contributed by atoms with E-state index in [0.717, 1.165) is 22.6 Å². The van der Waals surface area contributed by atoms with Crippen LogP contribution in [-0.4, -0.2) is 22.3 Å². The molecule has 23 heavy (non-hydrogen) atoms. The van der Waals surface area contributed by atoms with Gasteiger partial charge >= 0.3 is 0 Å². The molecule has 0 saturated carbocycles. The number of hydrazone groups is 1. The van der Waals surface area contributed by atoms with Gasteiger partial charge in [0.25, 0.3) is 5.91 Å². The van der Waals surface area contributed by atoms with Crippen LogP contribution < -0.4 is 5.43 Å². The molecule has 0 bridgehead atoms. The lowest BCUT2D eigenvalue weighted by Gasteiger charge is -1.97. The van der Waals surface area contributed by atoms with Gasteiger partial charge in [0.05, 0.1) is 16.8 Å². The smallest absolute Gasteiger partial charge is 0.276 e. The number of thiophene rings is 1. The van der Waals surface area contributed by atoms with Crippen molar-refractivity contribution in [3.63, 3.8) is 0 Å². The second-order valence-corrected chi connectivity index (χ2v) is 5.89. The first-order valence-corrected chi connectivity index (χ1v) is 8.16. The van der Waals surface area contributed by atoms with Crippen molar-refractivity contribution in [1.29, 1.82) is 0 Å². The van der Waals surface area contributed by atoms with Crippen molar-refractivity contribution in [2.24, 2.45) is 5.10 Å². The molecular formula is C17H16N4OS. The molecule has 1 amide bonds. The molecule has 6 heteroatoms. The van der Waals surface area contributed by atoms with Crippen LogP contribution in [0.1, 0.15) is 28.5 Å². The molecule has 0 aliphatic carbocycles. The van der Waals surface area contributed by atoms with Crippen molar-refractivity contribution < 1.29 is 4.79 Å². The molecule has 2 aromatic heterocycles. The number of hydrogen-bond acceptors (Lipinski definition) is 4. The lowest BCUT2D eigenvalue weighted by Crippen LogP contribution is -2.17. The highest BCUT2D eigenvalue weighted by atomic mass is 32.1. The molecule has 0 fully saturated rings. The maximum Gasteiger partial charge on any atom is 0.291 e. The first-order valence-electron chi connectivity index (χ1n) is 7.28. The predicted molar refractivity (Wildman–Crippen MR) is 92.8 cm³/mol. The molecule has 3 aromatic rings. The topological polar surface area (TPSA) is 70.1 Å². The van der Waals surface area contributed by atoms with E-state index >= 15 is 0 Å². The van der Waals surface area contributed by atoms with Gasteiger partial charge in [-0.2, -0.15) is 10.2 Å². The number of carbonyl (C=O) groups excluding carboxylic acids is 1. The summed E-state index contributed by atoms with van der Waals surface area (Å²) in [6, 6.07) is 13.7. The van der Waals surface area contributed by atoms with Crippen LogP contribution in [0.25, 0.3) is 10.6 Å². The number of H-pyrrole nitrogens is 1. The summed E-state index contributed by atoms with van der Waals surface area (Å²) >= 11 is 1.59. The molecule has 0 atom stereocenters. The highest BCUT2D eigenvalue weighted by Gasteiger charge is 2.10. The Balaban J connectivity index is 1.61. The molecule has 0 radical (unpaired) electrons. The zero-order valence-electron chi connectivity index (χ0n) is 12.6. The van der Waals surface area contributed by atoms with Crippen LogP contribution in [0.2, 0.25) is 0 Å². The highest BCUT2D eigenvalue weighted by Crippen LogP contribution is 2.22. The fourth-order valence-electron chi connectivity index (χ4n) is 2.06. The second-order valence-electron chi connectivity index (χ2n) is 4.94. The molecule has 3 rings (SSSR count). The summed E-state index contributed by atoms with van der Waals surface area (Å²) in [7, 11) is 0. The van der Waals surface area contributed by atoms with E-state index in [4.69, 9.17) is 0 Å². The van der Waals surface area contributed by atoms with E-state index in [1.165, 1.54) is 5.56 Å². The number of aryl methyl sites for hydroxylation is 1. The van der Waals surface area contributed by atoms with Gasteiger partial charge in [-0.15, -0.1) is 11.3 Å². The van der Waals surface area contributed by atoms with Crippen molar-refractivity contribution in [2.75, 3.05) is 0 Å². The summed E-state index contributed by atoms with van der Waals surface area (Å²) in [5.41, 5.74) is 5.82. The SMILES string of the molecule is CCc1ccc(C=NNC(=O)c2cc(-c3cccs3)[nH]n2)cc1. The van der Waals surface area contributed by atoms with Crippen molar-refractivity contribution >= 4 is 23.5 Å². The van der Waals surface area contributed by atoms with Crippen molar-refractivity contribution in [1.82, 2.24) is 15.6 Å². The van der Waals surface area contributed by atoms with Gasteiger partial charge in [0.1, 0.15) is 0 Å². The molecule has 116 valence electrons. The third-order valence-corrected chi connectivity index (χ3v) is 4.27. The number of aromatic nitrogens is 2. The minimum absolute atomic E-state index is 0.312. The molecule has 0 aliphatic rings. The van der Waals surface area contributed by atoms with Gasteiger partial charge in [0.2, 0.25) is 0 Å². The molecule has 0 saturated heterocycles. The summed E-state index contributed by atoms with van der Waals surface area (Å²) in [5.74, 6) is -0.342. The normalized spacial score (nSPS) is 11.0. The van der Waals surface area contributed by atoms with E-state index in [-0.39, 0.29) is 5.91 Å². The monoisotopic (exact) mass is 324 g/mol. The number of benzene rings is 1. The van der Waals surface area contributed by atoms with Crippen molar-refractivity contribution in [2.45, 2.75) is 13.3 Å². The van der Waals surface area contributed by atoms with Gasteiger partial charge in [-0.25, -0.2) is 5.43 Å². The van der Waals surface area contributed by atoms with E-state index in [1.807, 2.05) is 41.8 Å². The Hall–Kier alpha value is -2.73. The number of hydrogen-bond donors (Lipinski definition) is 2. The fourth-order valence-corrected chi connectivity index (χ4v) is 2.75. The zero-order chi connectivity index (χ0) is 16.1. The van der Waals surface area contributed by atoms with Crippen LogP contribution in [0.5, 0.6) is 0 Å². The summed E-state index contributed by atoms with van der Waals surface area (Å²) in [5, 5.41) is 12.8. The minimum atomic E-state index is -0.342. The summed E-state index contributed by atoms with van der Waals surface area (Å²) in [6.07, 6.45) is 2.62. The van der Waals surface area contributed by atoms with Crippen LogP contribution in [0, 0.1) is 0 Å². The Morgan fingerprint density at radius 2 is 2.17 bits per heavy atom. The summed E-state index contributed by atoms with van der Waals surface area (Å²) < 4.78 is 0. The van der Waals surface area contributed by atoms with Crippen LogP contribution in [0.15, 0.2) is 52.9 Å². The lowest BCUT2D eigenvalue weighted by atomic mass is 10.1. The maximum absolute atomic E-state index is 12.0. The average molecular weight is 324 g/mol. The second kappa shape index (κ2) is 7.02. The highest BCUT2D eigenvalue weighted by molar-refractivity contribution is 7.13.